The van der Waals surface area contributed by atoms with E-state index in [1.54, 1.807) is 24.3 Å². The molecule has 2 aliphatic heterocycles. The second-order valence-electron chi connectivity index (χ2n) is 7.15. The molecule has 2 bridgehead atoms. The summed E-state index contributed by atoms with van der Waals surface area (Å²) in [6.45, 7) is 0. The number of carbonyl (C=O) groups excluding carboxylic acids is 1. The maximum absolute atomic E-state index is 13.1. The fraction of sp³-hybridized carbons (Fsp3) is 0.318. The number of hydrogen-bond donors (Lipinski definition) is 1. The lowest BCUT2D eigenvalue weighted by atomic mass is 9.91. The highest BCUT2D eigenvalue weighted by atomic mass is 16.5. The SMILES string of the molecule is CN1C2C=CC1CC(OC(=O)C(c1ccccc1)c1ccc(O)cc1)C2. The first-order valence-electron chi connectivity index (χ1n) is 9.06. The number of benzene rings is 2. The van der Waals surface area contributed by atoms with Crippen molar-refractivity contribution in [2.24, 2.45) is 0 Å². The first-order valence-corrected chi connectivity index (χ1v) is 9.06. The molecule has 0 saturated carbocycles. The summed E-state index contributed by atoms with van der Waals surface area (Å²) >= 11 is 0. The van der Waals surface area contributed by atoms with Crippen molar-refractivity contribution < 1.29 is 14.6 Å². The molecule has 4 heteroatoms. The summed E-state index contributed by atoms with van der Waals surface area (Å²) < 4.78 is 5.95. The zero-order valence-electron chi connectivity index (χ0n) is 14.8. The second kappa shape index (κ2) is 6.96. The van der Waals surface area contributed by atoms with Gasteiger partial charge in [-0.15, -0.1) is 0 Å². The van der Waals surface area contributed by atoms with Gasteiger partial charge in [0.05, 0.1) is 0 Å². The van der Waals surface area contributed by atoms with Crippen LogP contribution in [0.5, 0.6) is 5.75 Å². The number of fused-ring (bicyclic) bond motifs is 2. The quantitative estimate of drug-likeness (QED) is 0.678. The molecule has 2 aliphatic rings. The molecule has 134 valence electrons. The number of ether oxygens (including phenoxy) is 1. The molecule has 2 aromatic rings. The van der Waals surface area contributed by atoms with Crippen molar-refractivity contribution in [3.63, 3.8) is 0 Å². The molecule has 0 aromatic heterocycles. The normalized spacial score (nSPS) is 25.8. The first kappa shape index (κ1) is 16.9. The average molecular weight is 349 g/mol. The minimum atomic E-state index is -0.484. The van der Waals surface area contributed by atoms with Crippen molar-refractivity contribution >= 4 is 5.97 Å². The highest BCUT2D eigenvalue weighted by molar-refractivity contribution is 5.82. The van der Waals surface area contributed by atoms with Gasteiger partial charge in [-0.1, -0.05) is 54.6 Å². The molecule has 2 heterocycles. The largest absolute Gasteiger partial charge is 0.508 e. The van der Waals surface area contributed by atoms with Crippen LogP contribution in [0.1, 0.15) is 29.9 Å². The Bertz CT molecular complexity index is 784. The van der Waals surface area contributed by atoms with Gasteiger partial charge >= 0.3 is 5.97 Å². The third-order valence-corrected chi connectivity index (χ3v) is 5.49. The number of piperidine rings is 1. The molecular formula is C22H23NO3. The number of aromatic hydroxyl groups is 1. The molecule has 0 amide bonds. The molecule has 4 rings (SSSR count). The van der Waals surface area contributed by atoms with Crippen LogP contribution in [0.2, 0.25) is 0 Å². The number of carbonyl (C=O) groups is 1. The van der Waals surface area contributed by atoms with E-state index in [0.717, 1.165) is 24.0 Å². The maximum Gasteiger partial charge on any atom is 0.318 e. The van der Waals surface area contributed by atoms with Crippen molar-refractivity contribution in [1.29, 1.82) is 0 Å². The van der Waals surface area contributed by atoms with Crippen LogP contribution in [0, 0.1) is 0 Å². The van der Waals surface area contributed by atoms with Gasteiger partial charge in [0.15, 0.2) is 0 Å². The predicted molar refractivity (Wildman–Crippen MR) is 100.0 cm³/mol. The molecule has 1 saturated heterocycles. The predicted octanol–water partition coefficient (Wildman–Crippen LogP) is 3.47. The number of phenolic OH excluding ortho intramolecular Hbond substituents is 1. The highest BCUT2D eigenvalue weighted by Gasteiger charge is 2.37. The first-order chi connectivity index (χ1) is 12.6. The number of hydrogen-bond acceptors (Lipinski definition) is 4. The van der Waals surface area contributed by atoms with E-state index in [9.17, 15) is 9.90 Å². The Morgan fingerprint density at radius 2 is 1.58 bits per heavy atom. The molecule has 0 radical (unpaired) electrons. The van der Waals surface area contributed by atoms with Crippen molar-refractivity contribution in [1.82, 2.24) is 4.90 Å². The Morgan fingerprint density at radius 3 is 2.19 bits per heavy atom. The molecule has 3 atom stereocenters. The van der Waals surface area contributed by atoms with Gasteiger partial charge in [0, 0.05) is 24.9 Å². The monoisotopic (exact) mass is 349 g/mol. The summed E-state index contributed by atoms with van der Waals surface area (Å²) in [5, 5.41) is 9.57. The summed E-state index contributed by atoms with van der Waals surface area (Å²) in [6.07, 6.45) is 6.05. The summed E-state index contributed by atoms with van der Waals surface area (Å²) in [7, 11) is 2.12. The smallest absolute Gasteiger partial charge is 0.318 e. The molecule has 3 unspecified atom stereocenters. The van der Waals surface area contributed by atoms with Crippen molar-refractivity contribution in [3.05, 3.63) is 77.9 Å². The number of nitrogens with zero attached hydrogens (tertiary/aromatic N) is 1. The Morgan fingerprint density at radius 1 is 1.00 bits per heavy atom. The van der Waals surface area contributed by atoms with Crippen LogP contribution in [-0.2, 0) is 9.53 Å². The minimum absolute atomic E-state index is 0.0629. The number of phenols is 1. The molecule has 4 nitrogen and oxygen atoms in total. The topological polar surface area (TPSA) is 49.8 Å². The summed E-state index contributed by atoms with van der Waals surface area (Å²) in [6, 6.07) is 17.2. The molecule has 1 fully saturated rings. The third-order valence-electron chi connectivity index (χ3n) is 5.49. The van der Waals surface area contributed by atoms with E-state index in [1.165, 1.54) is 0 Å². The number of rotatable bonds is 4. The van der Waals surface area contributed by atoms with Crippen LogP contribution in [-0.4, -0.2) is 41.2 Å². The molecule has 1 N–H and O–H groups in total. The lowest BCUT2D eigenvalue weighted by Gasteiger charge is -2.36. The van der Waals surface area contributed by atoms with Crippen molar-refractivity contribution in [3.8, 4) is 5.75 Å². The fourth-order valence-electron chi connectivity index (χ4n) is 4.00. The van der Waals surface area contributed by atoms with Crippen molar-refractivity contribution in [2.75, 3.05) is 7.05 Å². The Labute approximate surface area is 153 Å². The minimum Gasteiger partial charge on any atom is -0.508 e. The molecule has 0 aliphatic carbocycles. The summed E-state index contributed by atoms with van der Waals surface area (Å²) in [5.74, 6) is -0.523. The van der Waals surface area contributed by atoms with E-state index < -0.39 is 5.92 Å². The molecular weight excluding hydrogens is 326 g/mol. The summed E-state index contributed by atoms with van der Waals surface area (Å²) in [4.78, 5) is 15.4. The Balaban J connectivity index is 1.56. The second-order valence-corrected chi connectivity index (χ2v) is 7.15. The van der Waals surface area contributed by atoms with Crippen LogP contribution < -0.4 is 0 Å². The Kier molecular flexibility index (Phi) is 4.51. The van der Waals surface area contributed by atoms with Gasteiger partial charge in [0.1, 0.15) is 17.8 Å². The van der Waals surface area contributed by atoms with Crippen LogP contribution in [0.4, 0.5) is 0 Å². The van der Waals surface area contributed by atoms with Gasteiger partial charge in [-0.3, -0.25) is 9.69 Å². The third kappa shape index (κ3) is 3.25. The zero-order valence-corrected chi connectivity index (χ0v) is 14.8. The van der Waals surface area contributed by atoms with Crippen LogP contribution in [0.15, 0.2) is 66.7 Å². The van der Waals surface area contributed by atoms with E-state index in [-0.39, 0.29) is 17.8 Å². The lowest BCUT2D eigenvalue weighted by molar-refractivity contribution is -0.152. The van der Waals surface area contributed by atoms with Gasteiger partial charge in [-0.05, 0) is 30.3 Å². The fourth-order valence-corrected chi connectivity index (χ4v) is 4.00. The van der Waals surface area contributed by atoms with E-state index >= 15 is 0 Å². The number of esters is 1. The van der Waals surface area contributed by atoms with Crippen LogP contribution in [0.3, 0.4) is 0 Å². The van der Waals surface area contributed by atoms with E-state index in [0.29, 0.717) is 12.1 Å². The van der Waals surface area contributed by atoms with E-state index in [2.05, 4.69) is 24.1 Å². The van der Waals surface area contributed by atoms with Gasteiger partial charge < -0.3 is 9.84 Å². The summed E-state index contributed by atoms with van der Waals surface area (Å²) in [5.41, 5.74) is 1.73. The lowest BCUT2D eigenvalue weighted by Crippen LogP contribution is -2.44. The van der Waals surface area contributed by atoms with Gasteiger partial charge in [-0.2, -0.15) is 0 Å². The van der Waals surface area contributed by atoms with Crippen molar-refractivity contribution in [2.45, 2.75) is 36.9 Å². The highest BCUT2D eigenvalue weighted by Crippen LogP contribution is 2.33. The van der Waals surface area contributed by atoms with Gasteiger partial charge in [0.25, 0.3) is 0 Å². The van der Waals surface area contributed by atoms with E-state index in [4.69, 9.17) is 4.74 Å². The van der Waals surface area contributed by atoms with Crippen LogP contribution in [0.25, 0.3) is 0 Å². The van der Waals surface area contributed by atoms with Gasteiger partial charge in [-0.25, -0.2) is 0 Å². The number of likely N-dealkylation sites (N-methyl/N-ethyl adjacent to an activating group) is 1. The van der Waals surface area contributed by atoms with E-state index in [1.807, 2.05) is 30.3 Å². The zero-order chi connectivity index (χ0) is 18.1. The molecule has 0 spiro atoms. The average Bonchev–Trinajstić information content (AvgIpc) is 2.85. The maximum atomic E-state index is 13.1. The molecule has 2 aromatic carbocycles. The molecule has 26 heavy (non-hydrogen) atoms. The van der Waals surface area contributed by atoms with Gasteiger partial charge in [0.2, 0.25) is 0 Å². The van der Waals surface area contributed by atoms with Crippen LogP contribution >= 0.6 is 0 Å². The standard InChI is InChI=1S/C22H23NO3/c1-23-17-9-10-18(23)14-20(13-17)26-22(25)21(15-5-3-2-4-6-15)16-7-11-19(24)12-8-16/h2-12,17-18,20-21,24H,13-14H2,1H3. The Hall–Kier alpha value is -2.59.